The van der Waals surface area contributed by atoms with E-state index in [1.54, 1.807) is 32.9 Å². The zero-order valence-electron chi connectivity index (χ0n) is 33.9. The number of rotatable bonds is 21. The van der Waals surface area contributed by atoms with Gasteiger partial charge in [-0.2, -0.15) is 0 Å². The van der Waals surface area contributed by atoms with E-state index >= 15 is 0 Å². The number of carbonyl (C=O) groups is 3. The Morgan fingerprint density at radius 3 is 2.28 bits per heavy atom. The third kappa shape index (κ3) is 13.8. The highest BCUT2D eigenvalue weighted by Gasteiger charge is 2.21. The molecule has 0 fully saturated rings. The maximum absolute atomic E-state index is 12.8. The highest BCUT2D eigenvalue weighted by molar-refractivity contribution is 6.32. The molecule has 0 spiro atoms. The van der Waals surface area contributed by atoms with E-state index in [0.29, 0.717) is 65.9 Å². The van der Waals surface area contributed by atoms with Gasteiger partial charge in [0.1, 0.15) is 42.1 Å². The molecule has 312 valence electrons. The molecular formula is C44H53Cl2N3O9. The number of benzene rings is 3. The van der Waals surface area contributed by atoms with Crippen molar-refractivity contribution < 1.29 is 43.2 Å². The van der Waals surface area contributed by atoms with Crippen LogP contribution in [0, 0.1) is 13.8 Å². The summed E-state index contributed by atoms with van der Waals surface area (Å²) in [4.78, 5) is 40.4. The van der Waals surface area contributed by atoms with Crippen LogP contribution < -0.4 is 24.8 Å². The van der Waals surface area contributed by atoms with Gasteiger partial charge in [-0.05, 0) is 106 Å². The largest absolute Gasteiger partial charge is 0.493 e. The molecule has 1 aromatic heterocycles. The lowest BCUT2D eigenvalue weighted by molar-refractivity contribution is -0.143. The first kappa shape index (κ1) is 45.7. The number of ether oxygens (including phenoxy) is 5. The van der Waals surface area contributed by atoms with Crippen molar-refractivity contribution in [1.82, 2.24) is 15.6 Å². The number of nitrogens with zero attached hydrogens (tertiary/aromatic N) is 1. The number of esters is 1. The maximum atomic E-state index is 12.8. The van der Waals surface area contributed by atoms with Crippen molar-refractivity contribution in [2.24, 2.45) is 0 Å². The number of aromatic carboxylic acids is 1. The molecule has 4 aromatic rings. The minimum Gasteiger partial charge on any atom is -0.493 e. The second-order valence-electron chi connectivity index (χ2n) is 14.6. The summed E-state index contributed by atoms with van der Waals surface area (Å²) in [6, 6.07) is 16.3. The van der Waals surface area contributed by atoms with E-state index in [4.69, 9.17) is 46.9 Å². The Kier molecular flexibility index (Phi) is 17.5. The van der Waals surface area contributed by atoms with E-state index in [1.165, 1.54) is 25.6 Å². The zero-order valence-corrected chi connectivity index (χ0v) is 35.4. The molecule has 0 aliphatic carbocycles. The first-order valence-corrected chi connectivity index (χ1v) is 20.0. The quantitative estimate of drug-likeness (QED) is 0.0418. The number of unbranched alkanes of at least 4 members (excludes halogenated alkanes) is 1. The third-order valence-corrected chi connectivity index (χ3v) is 9.67. The van der Waals surface area contributed by atoms with Crippen LogP contribution in [0.15, 0.2) is 67.0 Å². The number of aromatic nitrogens is 1. The Morgan fingerprint density at radius 2 is 1.57 bits per heavy atom. The van der Waals surface area contributed by atoms with Gasteiger partial charge in [0.05, 0.1) is 24.3 Å². The maximum Gasteiger partial charge on any atom is 0.407 e. The monoisotopic (exact) mass is 837 g/mol. The first-order valence-electron chi connectivity index (χ1n) is 19.1. The molecule has 0 bridgehead atoms. The summed E-state index contributed by atoms with van der Waals surface area (Å²) in [5.74, 6) is 0.579. The summed E-state index contributed by atoms with van der Waals surface area (Å²) >= 11 is 12.7. The van der Waals surface area contributed by atoms with E-state index in [1.807, 2.05) is 38.1 Å². The SMILES string of the molecule is COC(=O)C(CCCCNC(=O)OC(C)(C)C)NCc1cc(Cl)c(OCc2cccc(-c3cccc(OCCCCl)c3C)c2C)cc1OCc1cncc(C(=O)O)c1. The van der Waals surface area contributed by atoms with E-state index in [-0.39, 0.29) is 25.3 Å². The molecule has 4 rings (SSSR count). The van der Waals surface area contributed by atoms with Crippen molar-refractivity contribution in [2.75, 3.05) is 26.1 Å². The minimum atomic E-state index is -1.10. The van der Waals surface area contributed by atoms with E-state index in [9.17, 15) is 19.5 Å². The molecule has 3 N–H and O–H groups in total. The molecule has 1 heterocycles. The highest BCUT2D eigenvalue weighted by Crippen LogP contribution is 2.36. The predicted octanol–water partition coefficient (Wildman–Crippen LogP) is 9.21. The molecule has 12 nitrogen and oxygen atoms in total. The fraction of sp³-hybridized carbons (Fsp3) is 0.409. The van der Waals surface area contributed by atoms with Crippen molar-refractivity contribution in [3.8, 4) is 28.4 Å². The second kappa shape index (κ2) is 22.2. The van der Waals surface area contributed by atoms with Gasteiger partial charge in [-0.1, -0.05) is 41.9 Å². The Bertz CT molecular complexity index is 2020. The lowest BCUT2D eigenvalue weighted by Crippen LogP contribution is -2.37. The Balaban J connectivity index is 1.53. The third-order valence-electron chi connectivity index (χ3n) is 9.10. The first-order chi connectivity index (χ1) is 27.7. The van der Waals surface area contributed by atoms with Crippen LogP contribution in [0.2, 0.25) is 5.02 Å². The molecule has 1 atom stereocenters. The number of hydrogen-bond donors (Lipinski definition) is 3. The molecule has 0 radical (unpaired) electrons. The van der Waals surface area contributed by atoms with Crippen LogP contribution in [0.3, 0.4) is 0 Å². The molecular weight excluding hydrogens is 785 g/mol. The van der Waals surface area contributed by atoms with E-state index in [0.717, 1.165) is 40.0 Å². The smallest absolute Gasteiger partial charge is 0.407 e. The minimum absolute atomic E-state index is 0.00241. The summed E-state index contributed by atoms with van der Waals surface area (Å²) in [5.41, 5.74) is 5.72. The molecule has 58 heavy (non-hydrogen) atoms. The van der Waals surface area contributed by atoms with Gasteiger partial charge in [0.15, 0.2) is 0 Å². The molecule has 1 amide bonds. The standard InChI is InChI=1S/C44H53Cl2N3O9/c1-28-31(12-9-13-34(28)35-14-10-16-38(29(35)2)55-19-11-17-45)27-57-40-22-39(56-26-30-20-33(41(50)51)24-47-23-30)32(21-36(40)46)25-49-37(42(52)54-6)15-7-8-18-48-43(53)58-44(3,4)5/h9-10,12-14,16,20-24,37,49H,7-8,11,15,17-19,25-27H2,1-6H3,(H,48,53)(H,50,51). The number of nitrogens with one attached hydrogen (secondary N) is 2. The molecule has 1 unspecified atom stereocenters. The van der Waals surface area contributed by atoms with Crippen LogP contribution in [-0.2, 0) is 34.0 Å². The number of carboxylic acid groups (broad SMARTS) is 1. The molecule has 0 saturated heterocycles. The fourth-order valence-corrected chi connectivity index (χ4v) is 6.40. The zero-order chi connectivity index (χ0) is 42.2. The predicted molar refractivity (Wildman–Crippen MR) is 224 cm³/mol. The average Bonchev–Trinajstić information content (AvgIpc) is 3.18. The molecule has 14 heteroatoms. The number of hydrogen-bond acceptors (Lipinski definition) is 10. The molecule has 0 aliphatic heterocycles. The summed E-state index contributed by atoms with van der Waals surface area (Å²) in [5, 5.41) is 15.8. The van der Waals surface area contributed by atoms with Gasteiger partial charge >= 0.3 is 18.0 Å². The molecule has 0 aliphatic rings. The summed E-state index contributed by atoms with van der Waals surface area (Å²) in [6.45, 7) is 10.8. The second-order valence-corrected chi connectivity index (χ2v) is 15.4. The van der Waals surface area contributed by atoms with Crippen molar-refractivity contribution in [1.29, 1.82) is 0 Å². The summed E-state index contributed by atoms with van der Waals surface area (Å²) in [7, 11) is 1.33. The van der Waals surface area contributed by atoms with Gasteiger partial charge in [-0.3, -0.25) is 9.78 Å². The number of alkyl halides is 1. The summed E-state index contributed by atoms with van der Waals surface area (Å²) < 4.78 is 29.0. The van der Waals surface area contributed by atoms with Gasteiger partial charge in [-0.15, -0.1) is 11.6 Å². The van der Waals surface area contributed by atoms with Crippen molar-refractivity contribution in [3.05, 3.63) is 105 Å². The fourth-order valence-electron chi connectivity index (χ4n) is 6.05. The number of halogens is 2. The Hall–Kier alpha value is -5.04. The van der Waals surface area contributed by atoms with Crippen LogP contribution >= 0.6 is 23.2 Å². The van der Waals surface area contributed by atoms with Crippen LogP contribution in [-0.4, -0.2) is 65.9 Å². The number of amides is 1. The Labute approximate surface area is 350 Å². The highest BCUT2D eigenvalue weighted by atomic mass is 35.5. The van der Waals surface area contributed by atoms with E-state index < -0.39 is 29.7 Å². The molecule has 0 saturated carbocycles. The van der Waals surface area contributed by atoms with Gasteiger partial charge < -0.3 is 39.4 Å². The van der Waals surface area contributed by atoms with Crippen molar-refractivity contribution >= 4 is 41.2 Å². The van der Waals surface area contributed by atoms with Crippen LogP contribution in [0.4, 0.5) is 4.79 Å². The van der Waals surface area contributed by atoms with Crippen molar-refractivity contribution in [3.63, 3.8) is 0 Å². The van der Waals surface area contributed by atoms with Crippen LogP contribution in [0.1, 0.15) is 84.6 Å². The number of alkyl carbamates (subject to hydrolysis) is 1. The average molecular weight is 839 g/mol. The Morgan fingerprint density at radius 1 is 0.845 bits per heavy atom. The lowest BCUT2D eigenvalue weighted by Gasteiger charge is -2.20. The topological polar surface area (TPSA) is 155 Å². The van der Waals surface area contributed by atoms with Gasteiger partial charge in [0.2, 0.25) is 0 Å². The number of methoxy groups -OCH3 is 1. The van der Waals surface area contributed by atoms with Crippen molar-refractivity contribution in [2.45, 2.75) is 91.7 Å². The number of carboxylic acids is 1. The summed E-state index contributed by atoms with van der Waals surface area (Å²) in [6.07, 6.45) is 4.71. The van der Waals surface area contributed by atoms with Gasteiger partial charge in [0, 0.05) is 48.6 Å². The van der Waals surface area contributed by atoms with Gasteiger partial charge in [0.25, 0.3) is 0 Å². The van der Waals surface area contributed by atoms with E-state index in [2.05, 4.69) is 27.8 Å². The normalized spacial score (nSPS) is 11.7. The number of pyridine rings is 1. The van der Waals surface area contributed by atoms with Gasteiger partial charge in [-0.25, -0.2) is 9.59 Å². The lowest BCUT2D eigenvalue weighted by atomic mass is 9.93. The van der Waals surface area contributed by atoms with Crippen LogP contribution in [0.5, 0.6) is 17.2 Å². The molecule has 3 aromatic carbocycles. The van der Waals surface area contributed by atoms with Crippen LogP contribution in [0.25, 0.3) is 11.1 Å². The number of carbonyl (C=O) groups excluding carboxylic acids is 2.